The molecule has 13 nitrogen and oxygen atoms in total. The van der Waals surface area contributed by atoms with Crippen LogP contribution in [0.3, 0.4) is 0 Å². The molecule has 4 aliphatic heterocycles. The smallest absolute Gasteiger partial charge is 0.246 e. The van der Waals surface area contributed by atoms with Gasteiger partial charge in [0.15, 0.2) is 22.8 Å². The molecule has 1 aromatic carbocycles. The lowest BCUT2D eigenvalue weighted by atomic mass is 9.51. The standard InChI is InChI=1S/C48H63NO12/c1-10-11-21-49-43(56)27(6)16-20-47-42(55)28-22-31-35(51)34-40(58-44-38(54)37(53)36(52)32(24-50)57-44)30-17-19-46(9,18-12-13-25(2)3)59-39(30)29(15-14-26(4)5)41(34)60-48(31,47)33(23-28)45(7,8)61-47/h13-14,16-17,19,22,28,32-33,36-38,44,50,52-54H,10-12,15,18,20-21,23-24H2,1-9H3,(H,49,56)/t28?,32-,33?,36-,37-,38-,44+,46?,47?,48?/m1/s1. The summed E-state index contributed by atoms with van der Waals surface area (Å²) in [7, 11) is 0. The Morgan fingerprint density at radius 2 is 1.69 bits per heavy atom. The number of Topliss-reactive ketones (excluding diaryl/α,β-unsaturated/α-hetero) is 2. The lowest BCUT2D eigenvalue weighted by molar-refractivity contribution is -0.277. The molecule has 0 radical (unpaired) electrons. The number of allylic oxidation sites excluding steroid dienone is 5. The van der Waals surface area contributed by atoms with Crippen LogP contribution in [0, 0.1) is 11.8 Å². The number of amides is 1. The highest BCUT2D eigenvalue weighted by Gasteiger charge is 2.81. The van der Waals surface area contributed by atoms with Crippen molar-refractivity contribution in [1.29, 1.82) is 0 Å². The van der Waals surface area contributed by atoms with E-state index >= 15 is 4.79 Å². The molecule has 5 N–H and O–H groups in total. The minimum atomic E-state index is -1.78. The van der Waals surface area contributed by atoms with Gasteiger partial charge in [-0.1, -0.05) is 48.8 Å². The Morgan fingerprint density at radius 3 is 2.36 bits per heavy atom. The van der Waals surface area contributed by atoms with E-state index in [1.165, 1.54) is 5.57 Å². The van der Waals surface area contributed by atoms with Crippen molar-refractivity contribution in [3.05, 3.63) is 69.4 Å². The van der Waals surface area contributed by atoms with Crippen LogP contribution in [0.5, 0.6) is 17.2 Å². The predicted octanol–water partition coefficient (Wildman–Crippen LogP) is 5.54. The minimum Gasteiger partial charge on any atom is -0.482 e. The molecule has 2 saturated heterocycles. The molecule has 1 amide bonds. The van der Waals surface area contributed by atoms with Gasteiger partial charge in [0, 0.05) is 41.5 Å². The number of benzene rings is 1. The van der Waals surface area contributed by atoms with Gasteiger partial charge < -0.3 is 49.4 Å². The van der Waals surface area contributed by atoms with Gasteiger partial charge in [-0.25, -0.2) is 0 Å². The number of ether oxygens (including phenoxy) is 5. The summed E-state index contributed by atoms with van der Waals surface area (Å²) in [5.41, 5.74) is -1.32. The molecule has 8 rings (SSSR count). The molecule has 3 fully saturated rings. The number of rotatable bonds is 14. The van der Waals surface area contributed by atoms with Gasteiger partial charge in [-0.2, -0.15) is 0 Å². The molecule has 4 bridgehead atoms. The van der Waals surface area contributed by atoms with Crippen LogP contribution in [0.4, 0.5) is 0 Å². The summed E-state index contributed by atoms with van der Waals surface area (Å²) in [6, 6.07) is 0. The fourth-order valence-corrected chi connectivity index (χ4v) is 10.1. The van der Waals surface area contributed by atoms with Crippen molar-refractivity contribution >= 4 is 23.5 Å². The summed E-state index contributed by atoms with van der Waals surface area (Å²) in [5, 5.41) is 45.7. The van der Waals surface area contributed by atoms with Crippen LogP contribution in [-0.4, -0.2) is 104 Å². The Labute approximate surface area is 358 Å². The van der Waals surface area contributed by atoms with Gasteiger partial charge in [0.25, 0.3) is 0 Å². The van der Waals surface area contributed by atoms with Gasteiger partial charge in [0.05, 0.1) is 17.8 Å². The maximum absolute atomic E-state index is 15.7. The SMILES string of the molecule is CCCCNC(=O)C(C)=CCC12OC(C)(C)C3CC(C=C4C(=O)c5c(O[C@@H]6O[C@H](CO)[C@@H](O)[C@@H](O)[C@H]6O)c6c(c(CC=C(C)C)c5OC431)OC(C)(CCC=C(C)C)C=C6)C2=O. The monoisotopic (exact) mass is 845 g/mol. The number of aliphatic hydroxyl groups excluding tert-OH is 4. The topological polar surface area (TPSA) is 190 Å². The van der Waals surface area contributed by atoms with Crippen LogP contribution in [0.25, 0.3) is 6.08 Å². The molecule has 7 aliphatic rings. The molecule has 0 aromatic heterocycles. The maximum Gasteiger partial charge on any atom is 0.246 e. The molecule has 1 saturated carbocycles. The highest BCUT2D eigenvalue weighted by Crippen LogP contribution is 2.69. The van der Waals surface area contributed by atoms with Crippen molar-refractivity contribution in [1.82, 2.24) is 5.32 Å². The first-order valence-corrected chi connectivity index (χ1v) is 21.8. The lowest BCUT2D eigenvalue weighted by Gasteiger charge is -2.56. The van der Waals surface area contributed by atoms with Crippen LogP contribution in [0.15, 0.2) is 52.7 Å². The molecule has 5 unspecified atom stereocenters. The molecule has 3 aliphatic carbocycles. The van der Waals surface area contributed by atoms with Crippen LogP contribution in [-0.2, 0) is 25.5 Å². The van der Waals surface area contributed by atoms with E-state index in [4.69, 9.17) is 23.7 Å². The first kappa shape index (κ1) is 44.9. The third kappa shape index (κ3) is 7.42. The first-order chi connectivity index (χ1) is 28.8. The molecular weight excluding hydrogens is 783 g/mol. The minimum absolute atomic E-state index is 0.0144. The van der Waals surface area contributed by atoms with Crippen molar-refractivity contribution in [3.63, 3.8) is 0 Å². The molecule has 1 aromatic rings. The van der Waals surface area contributed by atoms with Crippen LogP contribution < -0.4 is 19.5 Å². The highest BCUT2D eigenvalue weighted by atomic mass is 16.7. The van der Waals surface area contributed by atoms with Crippen molar-refractivity contribution in [2.24, 2.45) is 11.8 Å². The Bertz CT molecular complexity index is 2120. The second-order valence-corrected chi connectivity index (χ2v) is 18.9. The molecule has 332 valence electrons. The Balaban J connectivity index is 1.46. The van der Waals surface area contributed by atoms with Crippen molar-refractivity contribution in [2.45, 2.75) is 160 Å². The number of carbonyl (C=O) groups excluding carboxylic acids is 3. The summed E-state index contributed by atoms with van der Waals surface area (Å²) < 4.78 is 33.8. The summed E-state index contributed by atoms with van der Waals surface area (Å²) >= 11 is 0. The quantitative estimate of drug-likeness (QED) is 0.0895. The largest absolute Gasteiger partial charge is 0.482 e. The van der Waals surface area contributed by atoms with Gasteiger partial charge in [0.2, 0.25) is 12.2 Å². The summed E-state index contributed by atoms with van der Waals surface area (Å²) in [6.45, 7) is 17.4. The van der Waals surface area contributed by atoms with Crippen LogP contribution in [0.2, 0.25) is 0 Å². The van der Waals surface area contributed by atoms with E-state index in [1.54, 1.807) is 19.1 Å². The molecule has 4 heterocycles. The number of aliphatic hydroxyl groups is 4. The molecule has 61 heavy (non-hydrogen) atoms. The summed E-state index contributed by atoms with van der Waals surface area (Å²) in [6.07, 6.45) is 6.86. The van der Waals surface area contributed by atoms with Crippen LogP contribution in [0.1, 0.15) is 122 Å². The van der Waals surface area contributed by atoms with Crippen molar-refractivity contribution in [3.8, 4) is 17.2 Å². The number of unbranched alkanes of at least 4 members (excludes halogenated alkanes) is 1. The Morgan fingerprint density at radius 1 is 0.967 bits per heavy atom. The van der Waals surface area contributed by atoms with E-state index in [0.717, 1.165) is 24.8 Å². The van der Waals surface area contributed by atoms with Gasteiger partial charge in [0.1, 0.15) is 52.8 Å². The number of carbonyl (C=O) groups is 3. The Hall–Kier alpha value is -4.11. The summed E-state index contributed by atoms with van der Waals surface area (Å²) in [4.78, 5) is 43.8. The number of fused-ring (bicyclic) bond motifs is 2. The zero-order valence-electron chi connectivity index (χ0n) is 36.9. The van der Waals surface area contributed by atoms with E-state index in [2.05, 4.69) is 11.4 Å². The fourth-order valence-electron chi connectivity index (χ4n) is 10.1. The van der Waals surface area contributed by atoms with Gasteiger partial charge >= 0.3 is 0 Å². The molecule has 1 spiro atoms. The number of hydrogen-bond acceptors (Lipinski definition) is 12. The zero-order chi connectivity index (χ0) is 44.4. The normalized spacial score (nSPS) is 34.0. The average Bonchev–Trinajstić information content (AvgIpc) is 3.36. The number of nitrogens with one attached hydrogen (secondary N) is 1. The van der Waals surface area contributed by atoms with E-state index in [1.807, 2.05) is 73.6 Å². The maximum atomic E-state index is 15.7. The fraction of sp³-hybridized carbons (Fsp3) is 0.604. The second-order valence-electron chi connectivity index (χ2n) is 18.9. The summed E-state index contributed by atoms with van der Waals surface area (Å²) in [5.74, 6) is -1.65. The van der Waals surface area contributed by atoms with E-state index in [9.17, 15) is 30.0 Å². The van der Waals surface area contributed by atoms with Gasteiger partial charge in [-0.3, -0.25) is 14.4 Å². The number of ketones is 2. The highest BCUT2D eigenvalue weighted by molar-refractivity contribution is 6.19. The third-order valence-electron chi connectivity index (χ3n) is 13.4. The Kier molecular flexibility index (Phi) is 12.2. The van der Waals surface area contributed by atoms with E-state index in [0.29, 0.717) is 41.8 Å². The van der Waals surface area contributed by atoms with Crippen molar-refractivity contribution in [2.75, 3.05) is 13.2 Å². The number of hydrogen-bond donors (Lipinski definition) is 5. The second kappa shape index (κ2) is 16.5. The average molecular weight is 846 g/mol. The van der Waals surface area contributed by atoms with Gasteiger partial charge in [-0.15, -0.1) is 0 Å². The van der Waals surface area contributed by atoms with E-state index in [-0.39, 0.29) is 47.2 Å². The first-order valence-electron chi connectivity index (χ1n) is 21.8. The molecule has 10 atom stereocenters. The van der Waals surface area contributed by atoms with Crippen molar-refractivity contribution < 1.29 is 58.5 Å². The van der Waals surface area contributed by atoms with E-state index < -0.39 is 77.3 Å². The predicted molar refractivity (Wildman–Crippen MR) is 227 cm³/mol. The lowest BCUT2D eigenvalue weighted by Crippen LogP contribution is -2.72. The van der Waals surface area contributed by atoms with Crippen LogP contribution >= 0.6 is 0 Å². The zero-order valence-corrected chi connectivity index (χ0v) is 36.9. The molecular formula is C48H63NO12. The van der Waals surface area contributed by atoms with Gasteiger partial charge in [-0.05, 0) is 99.6 Å². The molecule has 13 heteroatoms. The third-order valence-corrected chi connectivity index (χ3v) is 13.4.